The van der Waals surface area contributed by atoms with Crippen molar-refractivity contribution in [3.05, 3.63) is 17.6 Å². The maximum Gasteiger partial charge on any atom is 0.220 e. The molecule has 0 aromatic carbocycles. The molecule has 1 aromatic rings. The number of nitrogens with zero attached hydrogens (tertiary/aromatic N) is 2. The van der Waals surface area contributed by atoms with Crippen LogP contribution in [0.4, 0.5) is 0 Å². The van der Waals surface area contributed by atoms with Gasteiger partial charge in [0.05, 0.1) is 17.9 Å². The van der Waals surface area contributed by atoms with Crippen LogP contribution in [-0.2, 0) is 17.6 Å². The second-order valence-electron chi connectivity index (χ2n) is 6.15. The molecule has 1 N–H and O–H groups in total. The van der Waals surface area contributed by atoms with Gasteiger partial charge in [-0.1, -0.05) is 0 Å². The van der Waals surface area contributed by atoms with Crippen LogP contribution in [0.3, 0.4) is 0 Å². The van der Waals surface area contributed by atoms with E-state index in [1.807, 2.05) is 0 Å². The van der Waals surface area contributed by atoms with E-state index in [0.29, 0.717) is 6.61 Å². The van der Waals surface area contributed by atoms with Gasteiger partial charge in [-0.05, 0) is 45.2 Å². The fourth-order valence-corrected chi connectivity index (χ4v) is 3.70. The van der Waals surface area contributed by atoms with Gasteiger partial charge >= 0.3 is 0 Å². The molecule has 3 heterocycles. The molecule has 1 aliphatic carbocycles. The molecule has 5 nitrogen and oxygen atoms in total. The van der Waals surface area contributed by atoms with E-state index in [1.54, 1.807) is 6.33 Å². The lowest BCUT2D eigenvalue weighted by atomic mass is 9.89. The first-order chi connectivity index (χ1) is 9.85. The fraction of sp³-hybridized carbons (Fsp3) is 0.733. The topological polar surface area (TPSA) is 56.3 Å². The minimum Gasteiger partial charge on any atom is -0.471 e. The van der Waals surface area contributed by atoms with Gasteiger partial charge < -0.3 is 14.8 Å². The highest BCUT2D eigenvalue weighted by molar-refractivity contribution is 5.33. The average Bonchev–Trinajstić information content (AvgIpc) is 3.08. The summed E-state index contributed by atoms with van der Waals surface area (Å²) in [4.78, 5) is 8.69. The Morgan fingerprint density at radius 2 is 2.15 bits per heavy atom. The van der Waals surface area contributed by atoms with E-state index in [0.717, 1.165) is 51.1 Å². The van der Waals surface area contributed by atoms with Gasteiger partial charge in [-0.2, -0.15) is 0 Å². The Labute approximate surface area is 119 Å². The van der Waals surface area contributed by atoms with Gasteiger partial charge in [-0.15, -0.1) is 0 Å². The van der Waals surface area contributed by atoms with Crippen LogP contribution in [0.2, 0.25) is 0 Å². The van der Waals surface area contributed by atoms with Crippen molar-refractivity contribution in [1.29, 1.82) is 0 Å². The zero-order chi connectivity index (χ0) is 13.4. The van der Waals surface area contributed by atoms with E-state index in [2.05, 4.69) is 15.3 Å². The first-order valence-electron chi connectivity index (χ1n) is 7.69. The number of hydrogen-bond donors (Lipinski definition) is 1. The molecule has 20 heavy (non-hydrogen) atoms. The molecule has 2 aliphatic heterocycles. The number of rotatable bonds is 2. The van der Waals surface area contributed by atoms with Gasteiger partial charge in [0.15, 0.2) is 0 Å². The van der Waals surface area contributed by atoms with Gasteiger partial charge in [0.25, 0.3) is 0 Å². The number of ether oxygens (including phenoxy) is 2. The number of piperidine rings is 1. The number of aromatic nitrogens is 2. The molecule has 0 amide bonds. The normalized spacial score (nSPS) is 27.7. The second-order valence-corrected chi connectivity index (χ2v) is 6.15. The second kappa shape index (κ2) is 4.97. The largest absolute Gasteiger partial charge is 0.471 e. The summed E-state index contributed by atoms with van der Waals surface area (Å²) in [7, 11) is 0. The lowest BCUT2D eigenvalue weighted by molar-refractivity contribution is -0.0206. The Balaban J connectivity index is 1.47. The highest BCUT2D eigenvalue weighted by Gasteiger charge is 2.42. The number of nitrogens with one attached hydrogen (secondary N) is 1. The Kier molecular flexibility index (Phi) is 3.11. The minimum absolute atomic E-state index is 0.0477. The first-order valence-corrected chi connectivity index (χ1v) is 7.69. The van der Waals surface area contributed by atoms with Crippen molar-refractivity contribution >= 4 is 0 Å². The summed E-state index contributed by atoms with van der Waals surface area (Å²) in [5, 5.41) is 3.39. The van der Waals surface area contributed by atoms with Crippen LogP contribution in [0.5, 0.6) is 5.88 Å². The van der Waals surface area contributed by atoms with Crippen LogP contribution in [0, 0.1) is 0 Å². The molecule has 108 valence electrons. The van der Waals surface area contributed by atoms with E-state index in [-0.39, 0.29) is 11.7 Å². The molecule has 1 aromatic heterocycles. The SMILES string of the molecule is c1nc2c(c(OC3COC4(CCNCC4)C3)n1)CCC2. The monoisotopic (exact) mass is 275 g/mol. The third-order valence-electron chi connectivity index (χ3n) is 4.80. The molecule has 0 radical (unpaired) electrons. The van der Waals surface area contributed by atoms with E-state index < -0.39 is 0 Å². The quantitative estimate of drug-likeness (QED) is 0.880. The molecule has 0 saturated carbocycles. The van der Waals surface area contributed by atoms with Crippen molar-refractivity contribution < 1.29 is 9.47 Å². The molecule has 2 fully saturated rings. The number of aryl methyl sites for hydroxylation is 1. The maximum atomic E-state index is 6.15. The average molecular weight is 275 g/mol. The zero-order valence-corrected chi connectivity index (χ0v) is 11.7. The molecule has 1 spiro atoms. The standard InChI is InChI=1S/C15H21N3O2/c1-2-12-13(3-1)17-10-18-14(12)20-11-8-15(19-9-11)4-6-16-7-5-15/h10-11,16H,1-9H2. The zero-order valence-electron chi connectivity index (χ0n) is 11.7. The smallest absolute Gasteiger partial charge is 0.220 e. The van der Waals surface area contributed by atoms with Crippen molar-refractivity contribution in [2.75, 3.05) is 19.7 Å². The third-order valence-corrected chi connectivity index (χ3v) is 4.80. The summed E-state index contributed by atoms with van der Waals surface area (Å²) in [6, 6.07) is 0. The number of fused-ring (bicyclic) bond motifs is 1. The van der Waals surface area contributed by atoms with E-state index >= 15 is 0 Å². The van der Waals surface area contributed by atoms with Crippen LogP contribution in [0.15, 0.2) is 6.33 Å². The van der Waals surface area contributed by atoms with Gasteiger partial charge in [-0.25, -0.2) is 9.97 Å². The lowest BCUT2D eigenvalue weighted by Crippen LogP contribution is -2.41. The predicted octanol–water partition coefficient (Wildman–Crippen LogP) is 1.26. The van der Waals surface area contributed by atoms with Crippen LogP contribution in [0.25, 0.3) is 0 Å². The Bertz CT molecular complexity index is 500. The summed E-state index contributed by atoms with van der Waals surface area (Å²) in [6.45, 7) is 2.80. The Hall–Kier alpha value is -1.20. The van der Waals surface area contributed by atoms with Crippen molar-refractivity contribution in [2.24, 2.45) is 0 Å². The van der Waals surface area contributed by atoms with Crippen LogP contribution in [0.1, 0.15) is 36.9 Å². The van der Waals surface area contributed by atoms with Gasteiger partial charge in [0.1, 0.15) is 12.4 Å². The van der Waals surface area contributed by atoms with Gasteiger partial charge in [0, 0.05) is 12.0 Å². The molecule has 4 rings (SSSR count). The Morgan fingerprint density at radius 3 is 3.05 bits per heavy atom. The molecule has 1 unspecified atom stereocenters. The maximum absolute atomic E-state index is 6.15. The molecular formula is C15H21N3O2. The first kappa shape index (κ1) is 12.5. The van der Waals surface area contributed by atoms with E-state index in [4.69, 9.17) is 9.47 Å². The van der Waals surface area contributed by atoms with Crippen molar-refractivity contribution in [1.82, 2.24) is 15.3 Å². The van der Waals surface area contributed by atoms with E-state index in [9.17, 15) is 0 Å². The van der Waals surface area contributed by atoms with E-state index in [1.165, 1.54) is 17.7 Å². The lowest BCUT2D eigenvalue weighted by Gasteiger charge is -2.32. The summed E-state index contributed by atoms with van der Waals surface area (Å²) in [5.74, 6) is 0.798. The molecule has 2 saturated heterocycles. The summed E-state index contributed by atoms with van der Waals surface area (Å²) < 4.78 is 12.2. The summed E-state index contributed by atoms with van der Waals surface area (Å²) in [5.41, 5.74) is 2.44. The van der Waals surface area contributed by atoms with Crippen LogP contribution in [-0.4, -0.2) is 41.4 Å². The third kappa shape index (κ3) is 2.19. The van der Waals surface area contributed by atoms with Crippen molar-refractivity contribution in [3.8, 4) is 5.88 Å². The van der Waals surface area contributed by atoms with Crippen molar-refractivity contribution in [3.63, 3.8) is 0 Å². The van der Waals surface area contributed by atoms with Crippen LogP contribution >= 0.6 is 0 Å². The molecule has 0 bridgehead atoms. The molecular weight excluding hydrogens is 254 g/mol. The van der Waals surface area contributed by atoms with Gasteiger partial charge in [-0.3, -0.25) is 0 Å². The number of hydrogen-bond acceptors (Lipinski definition) is 5. The molecule has 5 heteroatoms. The Morgan fingerprint density at radius 1 is 1.25 bits per heavy atom. The molecule has 1 atom stereocenters. The predicted molar refractivity (Wildman–Crippen MR) is 73.9 cm³/mol. The highest BCUT2D eigenvalue weighted by Crippen LogP contribution is 2.36. The minimum atomic E-state index is 0.0477. The van der Waals surface area contributed by atoms with Crippen molar-refractivity contribution in [2.45, 2.75) is 50.2 Å². The summed E-state index contributed by atoms with van der Waals surface area (Å²) >= 11 is 0. The molecule has 3 aliphatic rings. The fourth-order valence-electron chi connectivity index (χ4n) is 3.70. The highest BCUT2D eigenvalue weighted by atomic mass is 16.6. The van der Waals surface area contributed by atoms with Crippen LogP contribution < -0.4 is 10.1 Å². The van der Waals surface area contributed by atoms with Gasteiger partial charge in [0.2, 0.25) is 5.88 Å². The summed E-state index contributed by atoms with van der Waals surface area (Å²) in [6.07, 6.45) is 8.24.